The van der Waals surface area contributed by atoms with Crippen molar-refractivity contribution >= 4 is 6.03 Å². The van der Waals surface area contributed by atoms with Gasteiger partial charge in [0.1, 0.15) is 24.2 Å². The van der Waals surface area contributed by atoms with Gasteiger partial charge in [-0.15, -0.1) is 0 Å². The van der Waals surface area contributed by atoms with Gasteiger partial charge in [0.25, 0.3) is 0 Å². The molecule has 0 saturated carbocycles. The second-order valence-electron chi connectivity index (χ2n) is 6.38. The maximum Gasteiger partial charge on any atom is 0.315 e. The third kappa shape index (κ3) is 6.84. The van der Waals surface area contributed by atoms with Gasteiger partial charge in [0.15, 0.2) is 6.61 Å². The molecule has 7 nitrogen and oxygen atoms in total. The lowest BCUT2D eigenvalue weighted by Gasteiger charge is -2.10. The van der Waals surface area contributed by atoms with Crippen molar-refractivity contribution in [1.82, 2.24) is 15.6 Å². The molecular weight excluding hydrogens is 380 g/mol. The highest BCUT2D eigenvalue weighted by molar-refractivity contribution is 5.73. The van der Waals surface area contributed by atoms with E-state index >= 15 is 0 Å². The van der Waals surface area contributed by atoms with Gasteiger partial charge in [0.2, 0.25) is 0 Å². The highest BCUT2D eigenvalue weighted by atomic mass is 16.5. The van der Waals surface area contributed by atoms with E-state index in [1.54, 1.807) is 18.3 Å². The van der Waals surface area contributed by atoms with Crippen molar-refractivity contribution in [2.75, 3.05) is 6.61 Å². The van der Waals surface area contributed by atoms with Crippen LogP contribution in [0.5, 0.6) is 11.5 Å². The molecule has 0 spiro atoms. The zero-order valence-electron chi connectivity index (χ0n) is 16.4. The van der Waals surface area contributed by atoms with Crippen molar-refractivity contribution in [2.45, 2.75) is 19.7 Å². The van der Waals surface area contributed by atoms with Crippen LogP contribution in [0.2, 0.25) is 0 Å². The average molecular weight is 402 g/mol. The summed E-state index contributed by atoms with van der Waals surface area (Å²) >= 11 is 0. The summed E-state index contributed by atoms with van der Waals surface area (Å²) in [5.74, 6) is 1.34. The summed E-state index contributed by atoms with van der Waals surface area (Å²) in [4.78, 5) is 16.3. The van der Waals surface area contributed by atoms with E-state index in [9.17, 15) is 4.79 Å². The molecule has 0 aliphatic carbocycles. The summed E-state index contributed by atoms with van der Waals surface area (Å²) in [6.45, 7) is 1.15. The van der Waals surface area contributed by atoms with Crippen LogP contribution in [-0.4, -0.2) is 17.6 Å². The molecule has 0 unspecified atom stereocenters. The average Bonchev–Trinajstić information content (AvgIpc) is 2.80. The largest absolute Gasteiger partial charge is 0.487 e. The number of aromatic nitrogens is 1. The molecule has 2 amide bonds. The molecular formula is C23H22N4O3. The Morgan fingerprint density at radius 3 is 2.43 bits per heavy atom. The molecule has 0 fully saturated rings. The second-order valence-corrected chi connectivity index (χ2v) is 6.38. The standard InChI is InChI=1S/C23H22N4O3/c24-11-13-29-22-6-3-4-19(14-22)16-27-23(28)26-15-18-7-9-21(10-8-18)30-17-20-5-1-2-12-25-20/h1-10,12,14H,13,15-17H2,(H2,26,27,28). The Morgan fingerprint density at radius 2 is 1.70 bits per heavy atom. The fourth-order valence-corrected chi connectivity index (χ4v) is 2.63. The number of ether oxygens (including phenoxy) is 2. The van der Waals surface area contributed by atoms with Gasteiger partial charge in [0.05, 0.1) is 5.69 Å². The van der Waals surface area contributed by atoms with E-state index in [0.29, 0.717) is 25.4 Å². The van der Waals surface area contributed by atoms with Crippen LogP contribution in [0.4, 0.5) is 4.79 Å². The molecule has 0 radical (unpaired) electrons. The summed E-state index contributed by atoms with van der Waals surface area (Å²) in [6.07, 6.45) is 1.73. The molecule has 0 aliphatic heterocycles. The monoisotopic (exact) mass is 402 g/mol. The summed E-state index contributed by atoms with van der Waals surface area (Å²) in [6, 6.07) is 22.2. The number of carbonyl (C=O) groups is 1. The first kappa shape index (κ1) is 20.7. The van der Waals surface area contributed by atoms with Crippen LogP contribution in [0.3, 0.4) is 0 Å². The lowest BCUT2D eigenvalue weighted by Crippen LogP contribution is -2.34. The summed E-state index contributed by atoms with van der Waals surface area (Å²) in [5.41, 5.74) is 2.71. The van der Waals surface area contributed by atoms with Crippen molar-refractivity contribution in [2.24, 2.45) is 0 Å². The molecule has 0 saturated heterocycles. The number of nitriles is 1. The lowest BCUT2D eigenvalue weighted by molar-refractivity contribution is 0.240. The van der Waals surface area contributed by atoms with Crippen LogP contribution >= 0.6 is 0 Å². The van der Waals surface area contributed by atoms with E-state index in [-0.39, 0.29) is 12.6 Å². The zero-order valence-corrected chi connectivity index (χ0v) is 16.4. The molecule has 0 bridgehead atoms. The first-order valence-corrected chi connectivity index (χ1v) is 9.45. The highest BCUT2D eigenvalue weighted by Crippen LogP contribution is 2.14. The van der Waals surface area contributed by atoms with Gasteiger partial charge in [-0.1, -0.05) is 30.3 Å². The molecule has 0 atom stereocenters. The fraction of sp³-hybridized carbons (Fsp3) is 0.174. The predicted molar refractivity (Wildman–Crippen MR) is 112 cm³/mol. The summed E-state index contributed by atoms with van der Waals surface area (Å²) in [5, 5.41) is 14.2. The van der Waals surface area contributed by atoms with Gasteiger partial charge >= 0.3 is 6.03 Å². The van der Waals surface area contributed by atoms with E-state index in [4.69, 9.17) is 14.7 Å². The zero-order chi connectivity index (χ0) is 21.0. The van der Waals surface area contributed by atoms with Crippen LogP contribution in [0.15, 0.2) is 72.9 Å². The number of rotatable bonds is 9. The highest BCUT2D eigenvalue weighted by Gasteiger charge is 2.03. The van der Waals surface area contributed by atoms with Gasteiger partial charge in [-0.25, -0.2) is 4.79 Å². The van der Waals surface area contributed by atoms with E-state index in [2.05, 4.69) is 15.6 Å². The SMILES string of the molecule is N#CCOc1cccc(CNC(=O)NCc2ccc(OCc3ccccn3)cc2)c1. The minimum atomic E-state index is -0.270. The van der Waals surface area contributed by atoms with Crippen LogP contribution < -0.4 is 20.1 Å². The van der Waals surface area contributed by atoms with Crippen LogP contribution in [0, 0.1) is 11.3 Å². The number of pyridine rings is 1. The minimum Gasteiger partial charge on any atom is -0.487 e. The number of carbonyl (C=O) groups excluding carboxylic acids is 1. The predicted octanol–water partition coefficient (Wildman–Crippen LogP) is 3.56. The molecule has 2 aromatic carbocycles. The molecule has 2 N–H and O–H groups in total. The van der Waals surface area contributed by atoms with Crippen LogP contribution in [-0.2, 0) is 19.7 Å². The quantitative estimate of drug-likeness (QED) is 0.570. The molecule has 152 valence electrons. The van der Waals surface area contributed by atoms with Gasteiger partial charge < -0.3 is 20.1 Å². The number of urea groups is 1. The number of amides is 2. The number of hydrogen-bond donors (Lipinski definition) is 2. The minimum absolute atomic E-state index is 0.00958. The Balaban J connectivity index is 1.40. The Morgan fingerprint density at radius 1 is 0.900 bits per heavy atom. The molecule has 30 heavy (non-hydrogen) atoms. The van der Waals surface area contributed by atoms with E-state index in [1.165, 1.54) is 0 Å². The third-order valence-corrected chi connectivity index (χ3v) is 4.14. The first-order chi connectivity index (χ1) is 14.7. The fourth-order valence-electron chi connectivity index (χ4n) is 2.63. The lowest BCUT2D eigenvalue weighted by atomic mass is 10.2. The van der Waals surface area contributed by atoms with E-state index < -0.39 is 0 Å². The van der Waals surface area contributed by atoms with E-state index in [0.717, 1.165) is 22.6 Å². The topological polar surface area (TPSA) is 96.3 Å². The van der Waals surface area contributed by atoms with Gasteiger partial charge in [-0.05, 0) is 47.5 Å². The van der Waals surface area contributed by atoms with Gasteiger partial charge in [0, 0.05) is 19.3 Å². The molecule has 3 rings (SSSR count). The van der Waals surface area contributed by atoms with Crippen molar-refractivity contribution in [3.63, 3.8) is 0 Å². The Labute approximate surface area is 175 Å². The van der Waals surface area contributed by atoms with Gasteiger partial charge in [-0.3, -0.25) is 4.98 Å². The molecule has 1 heterocycles. The number of benzene rings is 2. The first-order valence-electron chi connectivity index (χ1n) is 9.45. The van der Waals surface area contributed by atoms with Crippen molar-refractivity contribution in [3.05, 3.63) is 89.7 Å². The molecule has 7 heteroatoms. The van der Waals surface area contributed by atoms with Gasteiger partial charge in [-0.2, -0.15) is 5.26 Å². The smallest absolute Gasteiger partial charge is 0.315 e. The van der Waals surface area contributed by atoms with Crippen LogP contribution in [0.1, 0.15) is 16.8 Å². The Bertz CT molecular complexity index is 985. The number of nitrogens with one attached hydrogen (secondary N) is 2. The Hall–Kier alpha value is -4.05. The maximum atomic E-state index is 12.0. The Kier molecular flexibility index (Phi) is 7.63. The third-order valence-electron chi connectivity index (χ3n) is 4.14. The maximum absolute atomic E-state index is 12.0. The summed E-state index contributed by atoms with van der Waals surface area (Å²) < 4.78 is 11.0. The second kappa shape index (κ2) is 11.1. The number of hydrogen-bond acceptors (Lipinski definition) is 5. The van der Waals surface area contributed by atoms with Crippen LogP contribution in [0.25, 0.3) is 0 Å². The normalized spacial score (nSPS) is 9.97. The molecule has 3 aromatic rings. The molecule has 1 aromatic heterocycles. The number of nitrogens with zero attached hydrogens (tertiary/aromatic N) is 2. The van der Waals surface area contributed by atoms with Crippen molar-refractivity contribution < 1.29 is 14.3 Å². The van der Waals surface area contributed by atoms with Crippen molar-refractivity contribution in [1.29, 1.82) is 5.26 Å². The molecule has 0 aliphatic rings. The van der Waals surface area contributed by atoms with Crippen molar-refractivity contribution in [3.8, 4) is 17.6 Å². The van der Waals surface area contributed by atoms with E-state index in [1.807, 2.05) is 60.7 Å². The summed E-state index contributed by atoms with van der Waals surface area (Å²) in [7, 11) is 0.